The topological polar surface area (TPSA) is 74.6 Å². The Hall–Kier alpha value is -0.320. The molecule has 0 atom stereocenters. The van der Waals surface area contributed by atoms with Crippen LogP contribution in [0.15, 0.2) is 11.6 Å². The molecule has 0 unspecified atom stereocenters. The first-order chi connectivity index (χ1) is 11.6. The van der Waals surface area contributed by atoms with Crippen molar-refractivity contribution in [3.05, 3.63) is 11.6 Å². The summed E-state index contributed by atoms with van der Waals surface area (Å²) in [5, 5.41) is 17.5. The van der Waals surface area contributed by atoms with Gasteiger partial charge in [0.1, 0.15) is 0 Å². The molecule has 0 bridgehead atoms. The van der Waals surface area contributed by atoms with E-state index in [1.165, 1.54) is 70.6 Å². The molecular weight excluding hydrogens is 327 g/mol. The molecule has 0 amide bonds. The Kier molecular flexibility index (Phi) is 21.5. The standard InChI is InChI=1S/C20H36O4.Na.H/c1-2-3-4-5-6-7-8-9-10-11-12-13-14-15-16-18(20(23)24)17-19(21)22;;/h17H,2-16H2,1H3,(H,21,22)(H,23,24);;/b18-17-;;. The van der Waals surface area contributed by atoms with Crippen molar-refractivity contribution in [1.82, 2.24) is 0 Å². The molecule has 142 valence electrons. The summed E-state index contributed by atoms with van der Waals surface area (Å²) in [5.74, 6) is -2.30. The van der Waals surface area contributed by atoms with Gasteiger partial charge in [-0.2, -0.15) is 0 Å². The number of carboxylic acid groups (broad SMARTS) is 2. The van der Waals surface area contributed by atoms with Gasteiger partial charge in [-0.25, -0.2) is 9.59 Å². The monoisotopic (exact) mass is 364 g/mol. The van der Waals surface area contributed by atoms with E-state index in [9.17, 15) is 9.59 Å². The molecule has 0 aliphatic heterocycles. The van der Waals surface area contributed by atoms with E-state index >= 15 is 0 Å². The predicted octanol–water partition coefficient (Wildman–Crippen LogP) is 5.30. The Labute approximate surface area is 175 Å². The molecule has 0 fully saturated rings. The van der Waals surface area contributed by atoms with Crippen molar-refractivity contribution in [3.8, 4) is 0 Å². The van der Waals surface area contributed by atoms with Crippen LogP contribution in [0.4, 0.5) is 0 Å². The first-order valence-corrected chi connectivity index (χ1v) is 9.74. The molecular formula is C20H37NaO4. The summed E-state index contributed by atoms with van der Waals surface area (Å²) in [7, 11) is 0. The summed E-state index contributed by atoms with van der Waals surface area (Å²) >= 11 is 0. The number of hydrogen-bond donors (Lipinski definition) is 2. The van der Waals surface area contributed by atoms with Crippen LogP contribution in [0.3, 0.4) is 0 Å². The number of rotatable bonds is 17. The summed E-state index contributed by atoms with van der Waals surface area (Å²) in [6.07, 6.45) is 18.7. The average molecular weight is 365 g/mol. The first-order valence-electron chi connectivity index (χ1n) is 9.74. The zero-order chi connectivity index (χ0) is 18.0. The number of aliphatic carboxylic acids is 2. The van der Waals surface area contributed by atoms with Gasteiger partial charge in [-0.3, -0.25) is 0 Å². The Balaban J connectivity index is 0. The molecule has 5 heteroatoms. The number of carbonyl (C=O) groups is 2. The van der Waals surface area contributed by atoms with Crippen LogP contribution in [-0.4, -0.2) is 51.7 Å². The van der Waals surface area contributed by atoms with Crippen molar-refractivity contribution in [2.45, 2.75) is 103 Å². The Morgan fingerprint density at radius 2 is 1.04 bits per heavy atom. The van der Waals surface area contributed by atoms with E-state index in [0.717, 1.165) is 25.3 Å². The molecule has 0 saturated carbocycles. The third-order valence-electron chi connectivity index (χ3n) is 4.37. The van der Waals surface area contributed by atoms with E-state index in [4.69, 9.17) is 10.2 Å². The molecule has 0 saturated heterocycles. The minimum absolute atomic E-state index is 0. The van der Waals surface area contributed by atoms with Gasteiger partial charge in [-0.1, -0.05) is 90.4 Å². The van der Waals surface area contributed by atoms with Gasteiger partial charge in [-0.05, 0) is 12.8 Å². The van der Waals surface area contributed by atoms with Crippen LogP contribution >= 0.6 is 0 Å². The quantitative estimate of drug-likeness (QED) is 0.208. The van der Waals surface area contributed by atoms with Gasteiger partial charge in [0.25, 0.3) is 0 Å². The molecule has 4 nitrogen and oxygen atoms in total. The second kappa shape index (κ2) is 20.0. The van der Waals surface area contributed by atoms with Crippen molar-refractivity contribution in [1.29, 1.82) is 0 Å². The molecule has 0 aromatic rings. The van der Waals surface area contributed by atoms with E-state index in [0.29, 0.717) is 6.42 Å². The molecule has 0 rings (SSSR count). The zero-order valence-electron chi connectivity index (χ0n) is 15.4. The SMILES string of the molecule is CCCCCCCCCCCCCCCC/C(=C/C(=O)O)C(=O)O.[NaH]. The molecule has 0 heterocycles. The maximum atomic E-state index is 10.9. The summed E-state index contributed by atoms with van der Waals surface area (Å²) in [4.78, 5) is 21.4. The second-order valence-electron chi connectivity index (χ2n) is 6.66. The van der Waals surface area contributed by atoms with Gasteiger partial charge in [0.15, 0.2) is 0 Å². The fourth-order valence-corrected chi connectivity index (χ4v) is 2.90. The molecule has 0 spiro atoms. The second-order valence-corrected chi connectivity index (χ2v) is 6.66. The summed E-state index contributed by atoms with van der Waals surface area (Å²) in [6.45, 7) is 2.25. The van der Waals surface area contributed by atoms with Crippen LogP contribution in [-0.2, 0) is 9.59 Å². The predicted molar refractivity (Wildman–Crippen MR) is 105 cm³/mol. The molecule has 2 N–H and O–H groups in total. The number of carboxylic acids is 2. The van der Waals surface area contributed by atoms with Crippen LogP contribution in [0.25, 0.3) is 0 Å². The molecule has 0 aliphatic carbocycles. The van der Waals surface area contributed by atoms with E-state index in [2.05, 4.69) is 6.92 Å². The van der Waals surface area contributed by atoms with E-state index in [1.807, 2.05) is 0 Å². The molecule has 25 heavy (non-hydrogen) atoms. The van der Waals surface area contributed by atoms with Crippen LogP contribution in [0.1, 0.15) is 103 Å². The Morgan fingerprint density at radius 3 is 1.36 bits per heavy atom. The fourth-order valence-electron chi connectivity index (χ4n) is 2.90. The first kappa shape index (κ1) is 26.9. The Bertz CT molecular complexity index is 367. The number of hydrogen-bond acceptors (Lipinski definition) is 2. The molecule has 0 aliphatic rings. The van der Waals surface area contributed by atoms with E-state index < -0.39 is 11.9 Å². The van der Waals surface area contributed by atoms with Crippen LogP contribution in [0, 0.1) is 0 Å². The average Bonchev–Trinajstić information content (AvgIpc) is 2.53. The van der Waals surface area contributed by atoms with Crippen LogP contribution in [0.5, 0.6) is 0 Å². The van der Waals surface area contributed by atoms with Gasteiger partial charge in [0.05, 0.1) is 0 Å². The molecule has 0 radical (unpaired) electrons. The van der Waals surface area contributed by atoms with Crippen molar-refractivity contribution in [2.75, 3.05) is 0 Å². The van der Waals surface area contributed by atoms with Gasteiger partial charge in [0.2, 0.25) is 0 Å². The number of unbranched alkanes of at least 4 members (excludes halogenated alkanes) is 13. The van der Waals surface area contributed by atoms with Gasteiger partial charge in [-0.15, -0.1) is 0 Å². The van der Waals surface area contributed by atoms with Gasteiger partial charge < -0.3 is 10.2 Å². The third-order valence-corrected chi connectivity index (χ3v) is 4.37. The third kappa shape index (κ3) is 19.8. The van der Waals surface area contributed by atoms with Gasteiger partial charge >= 0.3 is 41.5 Å². The molecule has 0 aromatic carbocycles. The van der Waals surface area contributed by atoms with Crippen molar-refractivity contribution >= 4 is 41.5 Å². The van der Waals surface area contributed by atoms with E-state index in [1.54, 1.807) is 0 Å². The van der Waals surface area contributed by atoms with Crippen LogP contribution in [0.2, 0.25) is 0 Å². The van der Waals surface area contributed by atoms with E-state index in [-0.39, 0.29) is 35.1 Å². The summed E-state index contributed by atoms with van der Waals surface area (Å²) in [5.41, 5.74) is 0.00133. The van der Waals surface area contributed by atoms with Crippen molar-refractivity contribution < 1.29 is 19.8 Å². The summed E-state index contributed by atoms with van der Waals surface area (Å²) < 4.78 is 0. The van der Waals surface area contributed by atoms with Gasteiger partial charge in [0, 0.05) is 11.6 Å². The normalized spacial score (nSPS) is 11.2. The fraction of sp³-hybridized carbons (Fsp3) is 0.800. The Morgan fingerprint density at radius 1 is 0.680 bits per heavy atom. The summed E-state index contributed by atoms with van der Waals surface area (Å²) in [6, 6.07) is 0. The van der Waals surface area contributed by atoms with Crippen molar-refractivity contribution in [3.63, 3.8) is 0 Å². The van der Waals surface area contributed by atoms with Crippen LogP contribution < -0.4 is 0 Å². The minimum atomic E-state index is -1.18. The van der Waals surface area contributed by atoms with Crippen molar-refractivity contribution in [2.24, 2.45) is 0 Å². The maximum absolute atomic E-state index is 10.9. The molecule has 0 aromatic heterocycles. The zero-order valence-corrected chi connectivity index (χ0v) is 15.4.